The van der Waals surface area contributed by atoms with Crippen molar-refractivity contribution in [3.63, 3.8) is 0 Å². The molecule has 2 atom stereocenters. The van der Waals surface area contributed by atoms with E-state index in [1.165, 1.54) is 90.3 Å². The van der Waals surface area contributed by atoms with Crippen LogP contribution in [0.25, 0.3) is 0 Å². The molecule has 1 aliphatic heterocycles. The van der Waals surface area contributed by atoms with Gasteiger partial charge in [0.25, 0.3) is 0 Å². The number of rotatable bonds is 11. The Morgan fingerprint density at radius 3 is 2.11 bits per heavy atom. The maximum absolute atomic E-state index is 2.33. The molecule has 1 nitrogen and oxygen atoms in total. The number of nitrogens with one attached hydrogen (secondary N) is 1. The lowest BCUT2D eigenvalue weighted by molar-refractivity contribution is -0.889. The van der Waals surface area contributed by atoms with Crippen LogP contribution in [-0.2, 0) is 0 Å². The fourth-order valence-corrected chi connectivity index (χ4v) is 3.41. The van der Waals surface area contributed by atoms with E-state index in [4.69, 9.17) is 0 Å². The quantitative estimate of drug-likeness (QED) is 0.532. The molecule has 0 aliphatic carbocycles. The summed E-state index contributed by atoms with van der Waals surface area (Å²) in [7, 11) is 0. The van der Waals surface area contributed by atoms with Crippen LogP contribution >= 0.6 is 0 Å². The molecule has 1 N–H and O–H groups in total. The monoisotopic (exact) mass is 273 g/mol. The van der Waals surface area contributed by atoms with Gasteiger partial charge in [0.05, 0.1) is 19.6 Å². The second kappa shape index (κ2) is 12.9. The molecule has 2 heteroatoms. The molecule has 0 bridgehead atoms. The first-order valence-electron chi connectivity index (χ1n) is 8.70. The molecular weight excluding hydrogens is 237 g/mol. The zero-order chi connectivity index (χ0) is 13.1. The van der Waals surface area contributed by atoms with Gasteiger partial charge >= 0.3 is 0 Å². The predicted molar refractivity (Wildman–Crippen MR) is 81.2 cm³/mol. The summed E-state index contributed by atoms with van der Waals surface area (Å²) in [5.74, 6) is 1.05. The largest absolute Gasteiger partial charge is 1.00 e. The van der Waals surface area contributed by atoms with Gasteiger partial charge in [-0.25, -0.2) is 0 Å². The Balaban J connectivity index is 0.00000324. The van der Waals surface area contributed by atoms with Crippen LogP contribution < -0.4 is 9.60 Å². The SMILES string of the molecule is CCCCCCCCCC[NH+]1CCC(CCC)C1.[F-]. The van der Waals surface area contributed by atoms with Crippen LogP contribution in [0.5, 0.6) is 0 Å². The summed E-state index contributed by atoms with van der Waals surface area (Å²) < 4.78 is 0. The minimum absolute atomic E-state index is 0. The van der Waals surface area contributed by atoms with E-state index in [-0.39, 0.29) is 4.70 Å². The maximum atomic E-state index is 2.33. The molecule has 0 amide bonds. The van der Waals surface area contributed by atoms with E-state index in [1.54, 1.807) is 0 Å². The van der Waals surface area contributed by atoms with E-state index in [2.05, 4.69) is 13.8 Å². The smallest absolute Gasteiger partial charge is 0.0801 e. The number of quaternary nitrogens is 1. The summed E-state index contributed by atoms with van der Waals surface area (Å²) in [6.45, 7) is 9.02. The third-order valence-corrected chi connectivity index (χ3v) is 4.56. The lowest BCUT2D eigenvalue weighted by Gasteiger charge is -2.13. The van der Waals surface area contributed by atoms with E-state index < -0.39 is 0 Å². The predicted octanol–water partition coefficient (Wildman–Crippen LogP) is 0.836. The number of hydrogen-bond acceptors (Lipinski definition) is 0. The maximum Gasteiger partial charge on any atom is 0.0801 e. The molecule has 2 unspecified atom stereocenters. The summed E-state index contributed by atoms with van der Waals surface area (Å²) in [5, 5.41) is 0. The molecule has 0 spiro atoms. The van der Waals surface area contributed by atoms with Gasteiger partial charge in [0.15, 0.2) is 0 Å². The highest BCUT2D eigenvalue weighted by molar-refractivity contribution is 4.61. The third-order valence-electron chi connectivity index (χ3n) is 4.56. The Kier molecular flexibility index (Phi) is 12.8. The molecule has 0 radical (unpaired) electrons. The topological polar surface area (TPSA) is 4.44 Å². The highest BCUT2D eigenvalue weighted by atomic mass is 19.0. The highest BCUT2D eigenvalue weighted by Gasteiger charge is 2.24. The average molecular weight is 273 g/mol. The lowest BCUT2D eigenvalue weighted by atomic mass is 10.0. The Morgan fingerprint density at radius 1 is 0.842 bits per heavy atom. The number of unbranched alkanes of at least 4 members (excludes halogenated alkanes) is 7. The molecule has 0 aromatic heterocycles. The fraction of sp³-hybridized carbons (Fsp3) is 1.00. The zero-order valence-corrected chi connectivity index (χ0v) is 13.4. The molecule has 0 aromatic carbocycles. The molecule has 0 aromatic rings. The van der Waals surface area contributed by atoms with Crippen LogP contribution in [0, 0.1) is 5.92 Å². The van der Waals surface area contributed by atoms with Crippen LogP contribution in [0.3, 0.4) is 0 Å². The molecule has 116 valence electrons. The Labute approximate surface area is 120 Å². The first kappa shape index (κ1) is 18.9. The minimum atomic E-state index is 0. The van der Waals surface area contributed by atoms with Gasteiger partial charge in [0.2, 0.25) is 0 Å². The zero-order valence-electron chi connectivity index (χ0n) is 13.4. The highest BCUT2D eigenvalue weighted by Crippen LogP contribution is 2.11. The lowest BCUT2D eigenvalue weighted by Crippen LogP contribution is -3.10. The van der Waals surface area contributed by atoms with E-state index >= 15 is 0 Å². The molecule has 1 saturated heterocycles. The Morgan fingerprint density at radius 2 is 1.47 bits per heavy atom. The van der Waals surface area contributed by atoms with Gasteiger partial charge in [0, 0.05) is 12.3 Å². The summed E-state index contributed by atoms with van der Waals surface area (Å²) in [6.07, 6.45) is 16.0. The fourth-order valence-electron chi connectivity index (χ4n) is 3.41. The standard InChI is InChI=1S/C17H35N.FH/c1-3-5-6-7-8-9-10-11-14-18-15-13-17(16-18)12-4-2;/h17H,3-16H2,1-2H3;1H. The Hall–Kier alpha value is -0.110. The van der Waals surface area contributed by atoms with Gasteiger partial charge in [-0.15, -0.1) is 0 Å². The van der Waals surface area contributed by atoms with E-state index in [0.29, 0.717) is 0 Å². The van der Waals surface area contributed by atoms with Crippen molar-refractivity contribution >= 4 is 0 Å². The van der Waals surface area contributed by atoms with Gasteiger partial charge in [-0.2, -0.15) is 0 Å². The summed E-state index contributed by atoms with van der Waals surface area (Å²) in [5.41, 5.74) is 0. The van der Waals surface area contributed by atoms with Gasteiger partial charge in [-0.05, 0) is 19.3 Å². The van der Waals surface area contributed by atoms with Crippen molar-refractivity contribution in [3.8, 4) is 0 Å². The molecule has 1 fully saturated rings. The summed E-state index contributed by atoms with van der Waals surface area (Å²) in [4.78, 5) is 1.90. The van der Waals surface area contributed by atoms with Gasteiger partial charge in [-0.1, -0.05) is 58.8 Å². The second-order valence-electron chi connectivity index (χ2n) is 6.37. The molecule has 19 heavy (non-hydrogen) atoms. The van der Waals surface area contributed by atoms with Crippen molar-refractivity contribution in [3.05, 3.63) is 0 Å². The van der Waals surface area contributed by atoms with Crippen LogP contribution in [0.15, 0.2) is 0 Å². The molecule has 1 rings (SSSR count). The van der Waals surface area contributed by atoms with Crippen LogP contribution in [0.1, 0.15) is 84.5 Å². The van der Waals surface area contributed by atoms with Crippen LogP contribution in [-0.4, -0.2) is 19.6 Å². The van der Waals surface area contributed by atoms with Crippen molar-refractivity contribution in [2.45, 2.75) is 84.5 Å². The normalized spacial score (nSPS) is 22.4. The van der Waals surface area contributed by atoms with Gasteiger partial charge < -0.3 is 9.60 Å². The van der Waals surface area contributed by atoms with Crippen molar-refractivity contribution in [1.82, 2.24) is 0 Å². The van der Waals surface area contributed by atoms with E-state index in [0.717, 1.165) is 5.92 Å². The first-order valence-corrected chi connectivity index (χ1v) is 8.70. The summed E-state index contributed by atoms with van der Waals surface area (Å²) in [6, 6.07) is 0. The van der Waals surface area contributed by atoms with E-state index in [9.17, 15) is 0 Å². The number of likely N-dealkylation sites (tertiary alicyclic amines) is 1. The van der Waals surface area contributed by atoms with Crippen molar-refractivity contribution in [2.75, 3.05) is 19.6 Å². The van der Waals surface area contributed by atoms with Crippen LogP contribution in [0.2, 0.25) is 0 Å². The van der Waals surface area contributed by atoms with Gasteiger partial charge in [0.1, 0.15) is 0 Å². The molecule has 1 aliphatic rings. The first-order chi connectivity index (χ1) is 8.86. The Bertz CT molecular complexity index is 184. The number of halogens is 1. The summed E-state index contributed by atoms with van der Waals surface area (Å²) >= 11 is 0. The third kappa shape index (κ3) is 9.43. The second-order valence-corrected chi connectivity index (χ2v) is 6.37. The van der Waals surface area contributed by atoms with Crippen LogP contribution in [0.4, 0.5) is 0 Å². The molecular formula is C17H36FN. The van der Waals surface area contributed by atoms with Crippen molar-refractivity contribution < 1.29 is 9.60 Å². The van der Waals surface area contributed by atoms with Gasteiger partial charge in [-0.3, -0.25) is 0 Å². The van der Waals surface area contributed by atoms with Crippen molar-refractivity contribution in [2.24, 2.45) is 5.92 Å². The molecule has 0 saturated carbocycles. The van der Waals surface area contributed by atoms with E-state index in [1.807, 2.05) is 4.90 Å². The minimum Gasteiger partial charge on any atom is -1.00 e. The average Bonchev–Trinajstić information content (AvgIpc) is 2.81. The number of hydrogen-bond donors (Lipinski definition) is 1. The van der Waals surface area contributed by atoms with Crippen molar-refractivity contribution in [1.29, 1.82) is 0 Å². The molecule has 1 heterocycles.